The summed E-state index contributed by atoms with van der Waals surface area (Å²) < 4.78 is 0.881. The fraction of sp³-hybridized carbons (Fsp3) is 0.455. The summed E-state index contributed by atoms with van der Waals surface area (Å²) in [6.45, 7) is 0.612. The second-order valence-corrected chi connectivity index (χ2v) is 6.16. The highest BCUT2D eigenvalue weighted by atomic mass is 35.5. The zero-order valence-electron chi connectivity index (χ0n) is 8.95. The standard InChI is InChI=1S/C11H10Cl2N2OS/c12-9-5-8(10(13)17-9)11(16)15-4-2-1-3-7(15)6-14/h5,7H,1-4H2. The molecule has 1 amide bonds. The molecule has 0 aliphatic carbocycles. The molecule has 3 nitrogen and oxygen atoms in total. The molecule has 0 aromatic carbocycles. The second kappa shape index (κ2) is 5.26. The monoisotopic (exact) mass is 288 g/mol. The Kier molecular flexibility index (Phi) is 3.93. The molecular formula is C11H10Cl2N2OS. The Balaban J connectivity index is 2.24. The summed E-state index contributed by atoms with van der Waals surface area (Å²) >= 11 is 12.9. The van der Waals surface area contributed by atoms with Crippen molar-refractivity contribution in [3.05, 3.63) is 20.3 Å². The third-order valence-electron chi connectivity index (χ3n) is 2.80. The van der Waals surface area contributed by atoms with Crippen LogP contribution in [0.15, 0.2) is 6.07 Å². The van der Waals surface area contributed by atoms with E-state index in [0.29, 0.717) is 20.8 Å². The zero-order valence-corrected chi connectivity index (χ0v) is 11.3. The van der Waals surface area contributed by atoms with E-state index in [1.807, 2.05) is 0 Å². The maximum Gasteiger partial charge on any atom is 0.257 e. The molecule has 1 aromatic heterocycles. The van der Waals surface area contributed by atoms with Gasteiger partial charge in [0.2, 0.25) is 0 Å². The van der Waals surface area contributed by atoms with E-state index < -0.39 is 0 Å². The lowest BCUT2D eigenvalue weighted by Crippen LogP contribution is -2.42. The Labute approximate surface area is 114 Å². The van der Waals surface area contributed by atoms with Gasteiger partial charge in [0.1, 0.15) is 10.4 Å². The summed E-state index contributed by atoms with van der Waals surface area (Å²) in [5.41, 5.74) is 0.406. The smallest absolute Gasteiger partial charge is 0.257 e. The second-order valence-electron chi connectivity index (χ2n) is 3.88. The SMILES string of the molecule is N#CC1CCCCN1C(=O)c1cc(Cl)sc1Cl. The number of hydrogen-bond donors (Lipinski definition) is 0. The number of thiophene rings is 1. The van der Waals surface area contributed by atoms with Crippen LogP contribution in [0.3, 0.4) is 0 Å². The van der Waals surface area contributed by atoms with Crippen molar-refractivity contribution in [1.82, 2.24) is 4.90 Å². The van der Waals surface area contributed by atoms with Gasteiger partial charge in [0.15, 0.2) is 0 Å². The number of carbonyl (C=O) groups is 1. The number of piperidine rings is 1. The highest BCUT2D eigenvalue weighted by Gasteiger charge is 2.29. The summed E-state index contributed by atoms with van der Waals surface area (Å²) in [6, 6.07) is 3.39. The van der Waals surface area contributed by atoms with E-state index in [-0.39, 0.29) is 11.9 Å². The largest absolute Gasteiger partial charge is 0.323 e. The van der Waals surface area contributed by atoms with Crippen LogP contribution in [0.25, 0.3) is 0 Å². The molecule has 6 heteroatoms. The van der Waals surface area contributed by atoms with Gasteiger partial charge in [0, 0.05) is 6.54 Å². The van der Waals surface area contributed by atoms with E-state index in [1.165, 1.54) is 11.3 Å². The van der Waals surface area contributed by atoms with Gasteiger partial charge in [-0.1, -0.05) is 23.2 Å². The van der Waals surface area contributed by atoms with E-state index >= 15 is 0 Å². The third kappa shape index (κ3) is 2.57. The number of carbonyl (C=O) groups excluding carboxylic acids is 1. The number of rotatable bonds is 1. The van der Waals surface area contributed by atoms with Gasteiger partial charge in [-0.25, -0.2) is 0 Å². The van der Waals surface area contributed by atoms with Crippen molar-refractivity contribution < 1.29 is 4.79 Å². The highest BCUT2D eigenvalue weighted by Crippen LogP contribution is 2.33. The Morgan fingerprint density at radius 3 is 2.88 bits per heavy atom. The maximum absolute atomic E-state index is 12.2. The molecule has 1 unspecified atom stereocenters. The van der Waals surface area contributed by atoms with Crippen LogP contribution in [0.2, 0.25) is 8.67 Å². The minimum absolute atomic E-state index is 0.190. The van der Waals surface area contributed by atoms with Crippen molar-refractivity contribution in [2.45, 2.75) is 25.3 Å². The lowest BCUT2D eigenvalue weighted by Gasteiger charge is -2.31. The van der Waals surface area contributed by atoms with Crippen molar-refractivity contribution >= 4 is 40.4 Å². The predicted molar refractivity (Wildman–Crippen MR) is 68.6 cm³/mol. The van der Waals surface area contributed by atoms with Crippen LogP contribution in [0.1, 0.15) is 29.6 Å². The van der Waals surface area contributed by atoms with Crippen molar-refractivity contribution in [3.63, 3.8) is 0 Å². The fourth-order valence-electron chi connectivity index (χ4n) is 1.95. The summed E-state index contributed by atoms with van der Waals surface area (Å²) in [4.78, 5) is 13.8. The van der Waals surface area contributed by atoms with Crippen molar-refractivity contribution in [1.29, 1.82) is 5.26 Å². The molecule has 1 saturated heterocycles. The van der Waals surface area contributed by atoms with Crippen LogP contribution < -0.4 is 0 Å². The number of amides is 1. The van der Waals surface area contributed by atoms with Gasteiger partial charge < -0.3 is 4.90 Å². The molecule has 1 atom stereocenters. The van der Waals surface area contributed by atoms with Gasteiger partial charge in [-0.05, 0) is 25.3 Å². The van der Waals surface area contributed by atoms with Crippen molar-refractivity contribution in [3.8, 4) is 6.07 Å². The fourth-order valence-corrected chi connectivity index (χ4v) is 3.40. The van der Waals surface area contributed by atoms with E-state index in [1.54, 1.807) is 11.0 Å². The van der Waals surface area contributed by atoms with Crippen LogP contribution in [0, 0.1) is 11.3 Å². The Bertz CT molecular complexity index is 480. The lowest BCUT2D eigenvalue weighted by atomic mass is 10.0. The molecule has 1 aliphatic heterocycles. The Hall–Kier alpha value is -0.760. The number of halogens is 2. The van der Waals surface area contributed by atoms with Crippen LogP contribution in [-0.4, -0.2) is 23.4 Å². The quantitative estimate of drug-likeness (QED) is 0.793. The summed E-state index contributed by atoms with van der Waals surface area (Å²) in [5, 5.41) is 9.03. The summed E-state index contributed by atoms with van der Waals surface area (Å²) in [7, 11) is 0. The molecule has 1 fully saturated rings. The van der Waals surface area contributed by atoms with E-state index in [0.717, 1.165) is 19.3 Å². The molecule has 0 bridgehead atoms. The highest BCUT2D eigenvalue weighted by molar-refractivity contribution is 7.20. The molecule has 0 N–H and O–H groups in total. The van der Waals surface area contributed by atoms with Crippen molar-refractivity contribution in [2.75, 3.05) is 6.54 Å². The van der Waals surface area contributed by atoms with Crippen LogP contribution >= 0.6 is 34.5 Å². The van der Waals surface area contributed by atoms with Gasteiger partial charge in [0.25, 0.3) is 5.91 Å². The molecule has 17 heavy (non-hydrogen) atoms. The first kappa shape index (κ1) is 12.7. The number of hydrogen-bond acceptors (Lipinski definition) is 3. The normalized spacial score (nSPS) is 20.1. The first-order valence-corrected chi connectivity index (χ1v) is 6.86. The third-order valence-corrected chi connectivity index (χ3v) is 4.29. The van der Waals surface area contributed by atoms with Crippen LogP contribution in [-0.2, 0) is 0 Å². The molecule has 0 spiro atoms. The van der Waals surface area contributed by atoms with Gasteiger partial charge in [-0.3, -0.25) is 4.79 Å². The van der Waals surface area contributed by atoms with E-state index in [4.69, 9.17) is 28.5 Å². The van der Waals surface area contributed by atoms with E-state index in [2.05, 4.69) is 6.07 Å². The Morgan fingerprint density at radius 2 is 2.29 bits per heavy atom. The molecular weight excluding hydrogens is 279 g/mol. The number of nitrogens with zero attached hydrogens (tertiary/aromatic N) is 2. The zero-order chi connectivity index (χ0) is 12.4. The molecule has 2 rings (SSSR count). The molecule has 0 radical (unpaired) electrons. The minimum atomic E-state index is -0.342. The summed E-state index contributed by atoms with van der Waals surface area (Å²) in [6.07, 6.45) is 2.65. The molecule has 0 saturated carbocycles. The molecule has 2 heterocycles. The molecule has 1 aromatic rings. The summed E-state index contributed by atoms with van der Waals surface area (Å²) in [5.74, 6) is -0.190. The number of likely N-dealkylation sites (tertiary alicyclic amines) is 1. The van der Waals surface area contributed by atoms with Crippen molar-refractivity contribution in [2.24, 2.45) is 0 Å². The maximum atomic E-state index is 12.2. The predicted octanol–water partition coefficient (Wildman–Crippen LogP) is 3.57. The Morgan fingerprint density at radius 1 is 1.53 bits per heavy atom. The number of nitriles is 1. The van der Waals surface area contributed by atoms with Gasteiger partial charge in [-0.15, -0.1) is 11.3 Å². The average molecular weight is 289 g/mol. The topological polar surface area (TPSA) is 44.1 Å². The van der Waals surface area contributed by atoms with Gasteiger partial charge in [0.05, 0.1) is 16.0 Å². The van der Waals surface area contributed by atoms with E-state index in [9.17, 15) is 4.79 Å². The van der Waals surface area contributed by atoms with Gasteiger partial charge >= 0.3 is 0 Å². The lowest BCUT2D eigenvalue weighted by molar-refractivity contribution is 0.0671. The van der Waals surface area contributed by atoms with Gasteiger partial charge in [-0.2, -0.15) is 5.26 Å². The van der Waals surface area contributed by atoms with Crippen LogP contribution in [0.5, 0.6) is 0 Å². The average Bonchev–Trinajstić information content (AvgIpc) is 2.67. The molecule has 1 aliphatic rings. The molecule has 90 valence electrons. The first-order chi connectivity index (χ1) is 8.13. The minimum Gasteiger partial charge on any atom is -0.323 e. The van der Waals surface area contributed by atoms with Crippen LogP contribution in [0.4, 0.5) is 0 Å². The first-order valence-electron chi connectivity index (χ1n) is 5.29.